The Labute approximate surface area is 239 Å². The molecule has 8 nitrogen and oxygen atoms in total. The monoisotopic (exact) mass is 559 g/mol. The van der Waals surface area contributed by atoms with Crippen molar-refractivity contribution in [1.82, 2.24) is 25.0 Å². The molecular formula is C32H38FN5O3. The number of fused-ring (bicyclic) bond motifs is 2. The minimum atomic E-state index is -0.757. The highest BCUT2D eigenvalue weighted by Crippen LogP contribution is 2.45. The minimum absolute atomic E-state index is 0.199. The predicted octanol–water partition coefficient (Wildman–Crippen LogP) is 6.39. The fourth-order valence-electron chi connectivity index (χ4n) is 5.79. The van der Waals surface area contributed by atoms with Crippen molar-refractivity contribution in [2.75, 3.05) is 6.54 Å². The van der Waals surface area contributed by atoms with Gasteiger partial charge in [-0.15, -0.1) is 0 Å². The van der Waals surface area contributed by atoms with Gasteiger partial charge >= 0.3 is 6.09 Å². The standard InChI is InChI=1S/C32H38FN5O3/c1-8-19-11-10-12-20(9-2)27(19)38-28(22-13-14-24(33)26-21(22)15-16-34-26)23-18-37(32(6,7)29(23)36-38)25(39)17-35-30(40)41-31(3,4)5/h10-16,34H,8-9,17-18H2,1-7H3,(H,35,40). The van der Waals surface area contributed by atoms with Crippen LogP contribution in [0.15, 0.2) is 42.6 Å². The van der Waals surface area contributed by atoms with Gasteiger partial charge in [-0.05, 0) is 76.8 Å². The Morgan fingerprint density at radius 1 is 1.10 bits per heavy atom. The first kappa shape index (κ1) is 28.4. The van der Waals surface area contributed by atoms with Crippen LogP contribution in [-0.2, 0) is 34.5 Å². The van der Waals surface area contributed by atoms with Crippen LogP contribution in [0, 0.1) is 5.82 Å². The van der Waals surface area contributed by atoms with Crippen LogP contribution in [0.4, 0.5) is 9.18 Å². The number of carbonyl (C=O) groups is 2. The number of para-hydroxylation sites is 1. The first-order valence-electron chi connectivity index (χ1n) is 14.1. The number of carbonyl (C=O) groups excluding carboxylic acids is 2. The number of benzene rings is 2. The Hall–Kier alpha value is -4.14. The van der Waals surface area contributed by atoms with Crippen molar-refractivity contribution < 1.29 is 18.7 Å². The van der Waals surface area contributed by atoms with Gasteiger partial charge in [-0.25, -0.2) is 13.9 Å². The number of hydrogen-bond acceptors (Lipinski definition) is 4. The normalized spacial score (nSPS) is 14.4. The lowest BCUT2D eigenvalue weighted by Crippen LogP contribution is -2.46. The minimum Gasteiger partial charge on any atom is -0.444 e. The lowest BCUT2D eigenvalue weighted by Gasteiger charge is -2.32. The summed E-state index contributed by atoms with van der Waals surface area (Å²) in [7, 11) is 0. The highest BCUT2D eigenvalue weighted by molar-refractivity contribution is 5.96. The zero-order valence-electron chi connectivity index (χ0n) is 24.8. The Kier molecular flexibility index (Phi) is 7.17. The molecule has 5 rings (SSSR count). The molecule has 0 atom stereocenters. The number of aryl methyl sites for hydroxylation is 2. The van der Waals surface area contributed by atoms with E-state index in [0.717, 1.165) is 57.6 Å². The van der Waals surface area contributed by atoms with E-state index in [-0.39, 0.29) is 18.3 Å². The van der Waals surface area contributed by atoms with Crippen molar-refractivity contribution in [3.8, 4) is 16.9 Å². The van der Waals surface area contributed by atoms with Gasteiger partial charge < -0.3 is 19.9 Å². The van der Waals surface area contributed by atoms with E-state index < -0.39 is 17.2 Å². The van der Waals surface area contributed by atoms with Gasteiger partial charge in [0.05, 0.1) is 34.7 Å². The molecule has 216 valence electrons. The Balaban J connectivity index is 1.64. The van der Waals surface area contributed by atoms with E-state index in [0.29, 0.717) is 12.1 Å². The zero-order chi connectivity index (χ0) is 29.7. The van der Waals surface area contributed by atoms with Gasteiger partial charge in [0.1, 0.15) is 18.0 Å². The number of amides is 2. The summed E-state index contributed by atoms with van der Waals surface area (Å²) in [4.78, 5) is 30.5. The van der Waals surface area contributed by atoms with Gasteiger partial charge in [0.2, 0.25) is 5.91 Å². The molecule has 2 aromatic heterocycles. The van der Waals surface area contributed by atoms with Crippen molar-refractivity contribution in [3.63, 3.8) is 0 Å². The molecule has 0 bridgehead atoms. The van der Waals surface area contributed by atoms with E-state index in [9.17, 15) is 14.0 Å². The molecule has 2 aromatic carbocycles. The molecule has 0 spiro atoms. The number of rotatable bonds is 6. The molecule has 2 amide bonds. The van der Waals surface area contributed by atoms with Crippen LogP contribution in [0.5, 0.6) is 0 Å². The molecule has 1 aliphatic rings. The van der Waals surface area contributed by atoms with Gasteiger partial charge in [-0.3, -0.25) is 4.79 Å². The maximum absolute atomic E-state index is 14.8. The molecule has 41 heavy (non-hydrogen) atoms. The largest absolute Gasteiger partial charge is 0.444 e. The van der Waals surface area contributed by atoms with Crippen molar-refractivity contribution >= 4 is 22.9 Å². The number of aromatic amines is 1. The van der Waals surface area contributed by atoms with Crippen molar-refractivity contribution in [2.24, 2.45) is 0 Å². The first-order valence-corrected chi connectivity index (χ1v) is 14.1. The Morgan fingerprint density at radius 3 is 2.41 bits per heavy atom. The fourth-order valence-corrected chi connectivity index (χ4v) is 5.79. The second-order valence-corrected chi connectivity index (χ2v) is 12.0. The van der Waals surface area contributed by atoms with Gasteiger partial charge in [-0.1, -0.05) is 32.0 Å². The van der Waals surface area contributed by atoms with E-state index in [1.165, 1.54) is 6.07 Å². The SMILES string of the molecule is CCc1cccc(CC)c1-n1nc2c(c1-c1ccc(F)c3[nH]ccc13)CN(C(=O)CNC(=O)OC(C)(C)C)C2(C)C. The smallest absolute Gasteiger partial charge is 0.408 e. The third kappa shape index (κ3) is 4.98. The summed E-state index contributed by atoms with van der Waals surface area (Å²) < 4.78 is 22.1. The number of H-pyrrole nitrogens is 1. The zero-order valence-corrected chi connectivity index (χ0v) is 24.8. The van der Waals surface area contributed by atoms with Gasteiger partial charge in [0.15, 0.2) is 0 Å². The van der Waals surface area contributed by atoms with Crippen molar-refractivity contribution in [1.29, 1.82) is 0 Å². The summed E-state index contributed by atoms with van der Waals surface area (Å²) in [6.45, 7) is 13.6. The first-order chi connectivity index (χ1) is 19.4. The van der Waals surface area contributed by atoms with E-state index in [2.05, 4.69) is 42.3 Å². The third-order valence-corrected chi connectivity index (χ3v) is 7.74. The fraction of sp³-hybridized carbons (Fsp3) is 0.406. The summed E-state index contributed by atoms with van der Waals surface area (Å²) in [6, 6.07) is 11.4. The lowest BCUT2D eigenvalue weighted by molar-refractivity contribution is -0.135. The molecule has 9 heteroatoms. The maximum Gasteiger partial charge on any atom is 0.408 e. The van der Waals surface area contributed by atoms with Gasteiger partial charge in [0.25, 0.3) is 0 Å². The second-order valence-electron chi connectivity index (χ2n) is 12.0. The number of ether oxygens (including phenoxy) is 1. The van der Waals surface area contributed by atoms with Gasteiger partial charge in [-0.2, -0.15) is 5.10 Å². The highest BCUT2D eigenvalue weighted by atomic mass is 19.1. The number of halogens is 1. The van der Waals surface area contributed by atoms with Crippen molar-refractivity contribution in [3.05, 3.63) is 70.8 Å². The van der Waals surface area contributed by atoms with E-state index in [1.54, 1.807) is 37.9 Å². The second kappa shape index (κ2) is 10.4. The van der Waals surface area contributed by atoms with Crippen LogP contribution < -0.4 is 5.32 Å². The van der Waals surface area contributed by atoms with Crippen molar-refractivity contribution in [2.45, 2.75) is 79.0 Å². The molecule has 0 unspecified atom stereocenters. The molecule has 2 N–H and O–H groups in total. The summed E-state index contributed by atoms with van der Waals surface area (Å²) in [5.41, 5.74) is 5.70. The molecule has 0 saturated carbocycles. The summed E-state index contributed by atoms with van der Waals surface area (Å²) in [5, 5.41) is 8.54. The third-order valence-electron chi connectivity index (χ3n) is 7.74. The van der Waals surface area contributed by atoms with E-state index in [1.807, 2.05) is 24.6 Å². The van der Waals surface area contributed by atoms with Crippen LogP contribution in [0.1, 0.15) is 70.9 Å². The molecule has 4 aromatic rings. The highest BCUT2D eigenvalue weighted by Gasteiger charge is 2.45. The van der Waals surface area contributed by atoms with Gasteiger partial charge in [0, 0.05) is 22.7 Å². The molecule has 3 heterocycles. The van der Waals surface area contributed by atoms with E-state index >= 15 is 0 Å². The quantitative estimate of drug-likeness (QED) is 0.287. The van der Waals surface area contributed by atoms with E-state index in [4.69, 9.17) is 9.84 Å². The van der Waals surface area contributed by atoms with Crippen LogP contribution in [0.25, 0.3) is 27.8 Å². The Bertz CT molecular complexity index is 1620. The summed E-state index contributed by atoms with van der Waals surface area (Å²) in [6.07, 6.45) is 2.73. The average molecular weight is 560 g/mol. The van der Waals surface area contributed by atoms with Crippen LogP contribution in [-0.4, -0.2) is 43.8 Å². The number of nitrogens with zero attached hydrogens (tertiary/aromatic N) is 3. The van der Waals surface area contributed by atoms with Crippen LogP contribution in [0.3, 0.4) is 0 Å². The number of nitrogens with one attached hydrogen (secondary N) is 2. The number of alkyl carbamates (subject to hydrolysis) is 1. The summed E-state index contributed by atoms with van der Waals surface area (Å²) in [5.74, 6) is -0.574. The van der Waals surface area contributed by atoms with Crippen LogP contribution in [0.2, 0.25) is 0 Å². The molecule has 1 aliphatic heterocycles. The predicted molar refractivity (Wildman–Crippen MR) is 157 cm³/mol. The molecule has 0 fully saturated rings. The summed E-state index contributed by atoms with van der Waals surface area (Å²) >= 11 is 0. The Morgan fingerprint density at radius 2 is 1.78 bits per heavy atom. The molecule has 0 radical (unpaired) electrons. The lowest BCUT2D eigenvalue weighted by atomic mass is 9.97. The molecule has 0 saturated heterocycles. The maximum atomic E-state index is 14.8. The van der Waals surface area contributed by atoms with Crippen LogP contribution >= 0.6 is 0 Å². The molecular weight excluding hydrogens is 521 g/mol. The topological polar surface area (TPSA) is 92.3 Å². The number of aromatic nitrogens is 3. The average Bonchev–Trinajstić information content (AvgIpc) is 3.61. The number of hydrogen-bond donors (Lipinski definition) is 2. The molecule has 0 aliphatic carbocycles.